The second kappa shape index (κ2) is 17.6. The van der Waals surface area contributed by atoms with Crippen molar-refractivity contribution in [3.63, 3.8) is 0 Å². The van der Waals surface area contributed by atoms with Gasteiger partial charge in [-0.2, -0.15) is 0 Å². The maximum absolute atomic E-state index is 3.74. The summed E-state index contributed by atoms with van der Waals surface area (Å²) in [5, 5.41) is 0. The van der Waals surface area contributed by atoms with Crippen LogP contribution in [0.2, 0.25) is 0 Å². The molecule has 0 aliphatic heterocycles. The third-order valence-electron chi connectivity index (χ3n) is 13.6. The average molecular weight is 910 g/mol. The van der Waals surface area contributed by atoms with E-state index in [0.29, 0.717) is 0 Å². The standard InChI is InChI=1S/C64H68Ge/c1-61(2,3)53-29-13-45(14-30-53)49-21-37-57(38-22-49)65(58-39-23-50(24-40-58)46-15-31-54(32-16-46)62(4,5)6,59-41-25-51(26-42-59)47-17-33-55(34-18-47)63(7,8)9)60-43-27-52(28-44-60)48-19-35-56(36-20-48)64(10,11)12/h13-44H,1-12H3. The first-order valence-corrected chi connectivity index (χ1v) is 27.8. The van der Waals surface area contributed by atoms with Crippen LogP contribution in [0.1, 0.15) is 105 Å². The van der Waals surface area contributed by atoms with Crippen molar-refractivity contribution in [3.05, 3.63) is 216 Å². The molecule has 0 heterocycles. The second-order valence-corrected chi connectivity index (χ2v) is 30.4. The number of hydrogen-bond donors (Lipinski definition) is 0. The minimum atomic E-state index is -3.74. The Morgan fingerprint density at radius 1 is 0.185 bits per heavy atom. The summed E-state index contributed by atoms with van der Waals surface area (Å²) in [6.07, 6.45) is 0. The molecule has 0 atom stereocenters. The van der Waals surface area contributed by atoms with Crippen molar-refractivity contribution in [3.8, 4) is 44.5 Å². The Kier molecular flexibility index (Phi) is 12.4. The van der Waals surface area contributed by atoms with Gasteiger partial charge in [-0.05, 0) is 0 Å². The Bertz CT molecular complexity index is 2420. The first-order valence-electron chi connectivity index (χ1n) is 23.6. The van der Waals surface area contributed by atoms with Gasteiger partial charge in [-0.15, -0.1) is 0 Å². The summed E-state index contributed by atoms with van der Waals surface area (Å²) in [7, 11) is 0. The summed E-state index contributed by atoms with van der Waals surface area (Å²) >= 11 is -3.74. The summed E-state index contributed by atoms with van der Waals surface area (Å²) in [6.45, 7) is 27.4. The van der Waals surface area contributed by atoms with E-state index in [1.165, 1.54) is 84.3 Å². The van der Waals surface area contributed by atoms with Crippen LogP contribution in [0.25, 0.3) is 44.5 Å². The van der Waals surface area contributed by atoms with Gasteiger partial charge in [0.1, 0.15) is 0 Å². The van der Waals surface area contributed by atoms with Gasteiger partial charge in [0.15, 0.2) is 0 Å². The van der Waals surface area contributed by atoms with Gasteiger partial charge in [0, 0.05) is 0 Å². The molecule has 1 heteroatoms. The van der Waals surface area contributed by atoms with Crippen LogP contribution in [0.5, 0.6) is 0 Å². The Balaban J connectivity index is 1.30. The van der Waals surface area contributed by atoms with Crippen LogP contribution in [0, 0.1) is 0 Å². The van der Waals surface area contributed by atoms with Gasteiger partial charge in [-0.1, -0.05) is 0 Å². The normalized spacial score (nSPS) is 12.6. The quantitative estimate of drug-likeness (QED) is 0.133. The number of hydrogen-bond acceptors (Lipinski definition) is 0. The van der Waals surface area contributed by atoms with Crippen molar-refractivity contribution in [2.45, 2.75) is 105 Å². The molecule has 8 aromatic carbocycles. The molecule has 0 amide bonds. The van der Waals surface area contributed by atoms with Crippen LogP contribution in [0.4, 0.5) is 0 Å². The van der Waals surface area contributed by atoms with E-state index in [1.807, 2.05) is 0 Å². The molecule has 0 unspecified atom stereocenters. The van der Waals surface area contributed by atoms with Gasteiger partial charge >= 0.3 is 396 Å². The zero-order valence-corrected chi connectivity index (χ0v) is 43.1. The van der Waals surface area contributed by atoms with Crippen LogP contribution in [-0.2, 0) is 21.7 Å². The molecule has 65 heavy (non-hydrogen) atoms. The van der Waals surface area contributed by atoms with Crippen molar-refractivity contribution in [2.24, 2.45) is 0 Å². The summed E-state index contributed by atoms with van der Waals surface area (Å²) in [5.74, 6) is 0. The number of benzene rings is 8. The molecule has 0 N–H and O–H groups in total. The monoisotopic (exact) mass is 910 g/mol. The fourth-order valence-corrected chi connectivity index (χ4v) is 19.1. The molecule has 0 fully saturated rings. The van der Waals surface area contributed by atoms with E-state index in [-0.39, 0.29) is 21.7 Å². The SMILES string of the molecule is CC(C)(C)c1ccc(-c2cc[c]([Ge]([c]3ccc(-c4ccc(C(C)(C)C)cc4)cc3)([c]3ccc(-c4ccc(C(C)(C)C)cc4)cc3)[c]3ccc(-c4ccc(C(C)(C)C)cc4)cc3)cc2)cc1. The summed E-state index contributed by atoms with van der Waals surface area (Å²) in [6, 6.07) is 75.1. The molecule has 0 spiro atoms. The Morgan fingerprint density at radius 3 is 0.431 bits per heavy atom. The third kappa shape index (κ3) is 9.66. The first-order chi connectivity index (χ1) is 30.7. The van der Waals surface area contributed by atoms with Gasteiger partial charge in [0.05, 0.1) is 0 Å². The molecule has 0 aromatic heterocycles. The van der Waals surface area contributed by atoms with Gasteiger partial charge in [0.25, 0.3) is 0 Å². The fourth-order valence-electron chi connectivity index (χ4n) is 9.30. The first kappa shape index (κ1) is 45.9. The van der Waals surface area contributed by atoms with Crippen LogP contribution in [-0.4, -0.2) is 13.3 Å². The summed E-state index contributed by atoms with van der Waals surface area (Å²) in [5.41, 5.74) is 15.8. The van der Waals surface area contributed by atoms with Gasteiger partial charge in [-0.25, -0.2) is 0 Å². The fraction of sp³-hybridized carbons (Fsp3) is 0.250. The van der Waals surface area contributed by atoms with Gasteiger partial charge in [0.2, 0.25) is 0 Å². The topological polar surface area (TPSA) is 0 Å². The Hall–Kier alpha value is -5.70. The van der Waals surface area contributed by atoms with Crippen LogP contribution >= 0.6 is 0 Å². The summed E-state index contributed by atoms with van der Waals surface area (Å²) < 4.78 is 5.64. The molecule has 0 saturated carbocycles. The maximum atomic E-state index is 2.45. The average Bonchev–Trinajstić information content (AvgIpc) is 3.29. The molecule has 0 aliphatic rings. The summed E-state index contributed by atoms with van der Waals surface area (Å²) in [4.78, 5) is 0. The number of rotatable bonds is 8. The molecule has 0 bridgehead atoms. The van der Waals surface area contributed by atoms with Gasteiger partial charge < -0.3 is 0 Å². The van der Waals surface area contributed by atoms with Crippen LogP contribution in [0.15, 0.2) is 194 Å². The van der Waals surface area contributed by atoms with E-state index in [9.17, 15) is 0 Å². The van der Waals surface area contributed by atoms with E-state index in [4.69, 9.17) is 0 Å². The van der Waals surface area contributed by atoms with E-state index >= 15 is 0 Å². The second-order valence-electron chi connectivity index (χ2n) is 22.4. The van der Waals surface area contributed by atoms with Crippen LogP contribution < -0.4 is 17.6 Å². The van der Waals surface area contributed by atoms with E-state index in [2.05, 4.69) is 277 Å². The van der Waals surface area contributed by atoms with Crippen molar-refractivity contribution in [1.82, 2.24) is 0 Å². The van der Waals surface area contributed by atoms with Crippen molar-refractivity contribution in [2.75, 3.05) is 0 Å². The Labute approximate surface area is 394 Å². The molecular formula is C64H68Ge. The minimum absolute atomic E-state index is 0.109. The molecule has 0 aliphatic carbocycles. The van der Waals surface area contributed by atoms with E-state index < -0.39 is 13.3 Å². The van der Waals surface area contributed by atoms with Gasteiger partial charge in [-0.3, -0.25) is 0 Å². The molecular weight excluding hydrogens is 841 g/mol. The molecule has 8 rings (SSSR count). The van der Waals surface area contributed by atoms with E-state index in [1.54, 1.807) is 0 Å². The van der Waals surface area contributed by atoms with Crippen molar-refractivity contribution in [1.29, 1.82) is 0 Å². The zero-order valence-electron chi connectivity index (χ0n) is 41.0. The zero-order chi connectivity index (χ0) is 46.4. The molecule has 0 radical (unpaired) electrons. The van der Waals surface area contributed by atoms with Crippen LogP contribution in [0.3, 0.4) is 0 Å². The molecule has 328 valence electrons. The third-order valence-corrected chi connectivity index (χ3v) is 23.7. The molecule has 8 aromatic rings. The van der Waals surface area contributed by atoms with Crippen molar-refractivity contribution >= 4 is 30.8 Å². The molecule has 0 saturated heterocycles. The molecule has 0 nitrogen and oxygen atoms in total. The Morgan fingerprint density at radius 2 is 0.308 bits per heavy atom. The van der Waals surface area contributed by atoms with E-state index in [0.717, 1.165) is 0 Å². The predicted octanol–water partition coefficient (Wildman–Crippen LogP) is 14.9. The predicted molar refractivity (Wildman–Crippen MR) is 287 cm³/mol. The van der Waals surface area contributed by atoms with Crippen molar-refractivity contribution < 1.29 is 0 Å².